The number of nitrogens with one attached hydrogen (secondary N) is 1. The monoisotopic (exact) mass is 489 g/mol. The van der Waals surface area contributed by atoms with Gasteiger partial charge in [0.15, 0.2) is 10.6 Å². The lowest BCUT2D eigenvalue weighted by atomic mass is 10.1. The Hall–Kier alpha value is -2.68. The molecule has 2 heterocycles. The van der Waals surface area contributed by atoms with E-state index in [0.29, 0.717) is 52.4 Å². The average Bonchev–Trinajstić information content (AvgIpc) is 3.14. The van der Waals surface area contributed by atoms with Crippen molar-refractivity contribution in [2.75, 3.05) is 26.2 Å². The molecule has 1 aliphatic heterocycles. The van der Waals surface area contributed by atoms with Crippen LogP contribution in [0.3, 0.4) is 0 Å². The number of amides is 2. The third-order valence-electron chi connectivity index (χ3n) is 5.44. The second kappa shape index (κ2) is 9.44. The van der Waals surface area contributed by atoms with Gasteiger partial charge in [-0.15, -0.1) is 0 Å². The van der Waals surface area contributed by atoms with E-state index in [-0.39, 0.29) is 18.4 Å². The Morgan fingerprint density at radius 1 is 1.03 bits per heavy atom. The number of aromatic amines is 1. The Bertz CT molecular complexity index is 1210. The van der Waals surface area contributed by atoms with Gasteiger partial charge in [-0.1, -0.05) is 53.0 Å². The zero-order valence-corrected chi connectivity index (χ0v) is 19.7. The molecule has 1 saturated heterocycles. The Kier molecular flexibility index (Phi) is 6.64. The molecule has 0 unspecified atom stereocenters. The largest absolute Gasteiger partial charge is 0.338 e. The number of aromatic nitrogens is 3. The molecule has 1 fully saturated rings. The van der Waals surface area contributed by atoms with Gasteiger partial charge in [0.25, 0.3) is 5.91 Å². The summed E-state index contributed by atoms with van der Waals surface area (Å²) in [5.41, 5.74) is 2.42. The maximum Gasteiger partial charge on any atom is 0.255 e. The van der Waals surface area contributed by atoms with Crippen LogP contribution in [-0.2, 0) is 11.3 Å². The Morgan fingerprint density at radius 3 is 2.34 bits per heavy atom. The lowest BCUT2D eigenvalue weighted by molar-refractivity contribution is -0.133. The topological polar surface area (TPSA) is 74.2 Å². The maximum absolute atomic E-state index is 13.0. The summed E-state index contributed by atoms with van der Waals surface area (Å²) in [7, 11) is 0. The van der Waals surface area contributed by atoms with Gasteiger partial charge in [0.2, 0.25) is 5.91 Å². The Balaban J connectivity index is 1.41. The summed E-state index contributed by atoms with van der Waals surface area (Å²) >= 11 is 17.4. The summed E-state index contributed by atoms with van der Waals surface area (Å²) in [4.78, 5) is 29.2. The molecule has 7 nitrogen and oxygen atoms in total. The third-order valence-corrected chi connectivity index (χ3v) is 6.30. The molecular weight excluding hydrogens is 469 g/mol. The smallest absolute Gasteiger partial charge is 0.255 e. The van der Waals surface area contributed by atoms with Gasteiger partial charge < -0.3 is 9.80 Å². The van der Waals surface area contributed by atoms with Crippen molar-refractivity contribution < 1.29 is 9.59 Å². The molecular formula is C22H21Cl2N5O2S. The highest BCUT2D eigenvalue weighted by Crippen LogP contribution is 2.23. The van der Waals surface area contributed by atoms with E-state index in [4.69, 9.17) is 35.4 Å². The quantitative estimate of drug-likeness (QED) is 0.557. The summed E-state index contributed by atoms with van der Waals surface area (Å²) in [6.07, 6.45) is 0. The fourth-order valence-electron chi connectivity index (χ4n) is 3.61. The highest BCUT2D eigenvalue weighted by Gasteiger charge is 2.26. The molecule has 0 saturated carbocycles. The van der Waals surface area contributed by atoms with Crippen molar-refractivity contribution in [1.82, 2.24) is 24.6 Å². The minimum Gasteiger partial charge on any atom is -0.338 e. The van der Waals surface area contributed by atoms with Crippen molar-refractivity contribution >= 4 is 47.2 Å². The van der Waals surface area contributed by atoms with Crippen molar-refractivity contribution in [2.45, 2.75) is 13.5 Å². The van der Waals surface area contributed by atoms with Crippen molar-refractivity contribution in [1.29, 1.82) is 0 Å². The zero-order chi connectivity index (χ0) is 22.8. The predicted octanol–water partition coefficient (Wildman–Crippen LogP) is 4.21. The molecule has 3 aromatic rings. The summed E-state index contributed by atoms with van der Waals surface area (Å²) in [6.45, 7) is 3.79. The first-order valence-corrected chi connectivity index (χ1v) is 11.2. The molecule has 32 heavy (non-hydrogen) atoms. The summed E-state index contributed by atoms with van der Waals surface area (Å²) in [6, 6.07) is 12.7. The summed E-state index contributed by atoms with van der Waals surface area (Å²) < 4.78 is 2.09. The number of carbonyl (C=O) groups is 2. The van der Waals surface area contributed by atoms with Crippen LogP contribution in [0.1, 0.15) is 15.9 Å². The van der Waals surface area contributed by atoms with Crippen LogP contribution in [0.2, 0.25) is 10.0 Å². The van der Waals surface area contributed by atoms with Crippen LogP contribution < -0.4 is 0 Å². The van der Waals surface area contributed by atoms with Crippen LogP contribution in [-0.4, -0.2) is 62.6 Å². The number of benzene rings is 2. The number of hydrogen-bond acceptors (Lipinski definition) is 4. The van der Waals surface area contributed by atoms with E-state index in [1.165, 1.54) is 0 Å². The number of piperazine rings is 1. The normalized spacial score (nSPS) is 14.0. The fraction of sp³-hybridized carbons (Fsp3) is 0.273. The first-order chi connectivity index (χ1) is 15.3. The van der Waals surface area contributed by atoms with Gasteiger partial charge in [0, 0.05) is 36.8 Å². The van der Waals surface area contributed by atoms with E-state index in [9.17, 15) is 9.59 Å². The predicted molar refractivity (Wildman–Crippen MR) is 127 cm³/mol. The second-order valence-electron chi connectivity index (χ2n) is 7.60. The molecule has 2 amide bonds. The van der Waals surface area contributed by atoms with Crippen LogP contribution in [0.15, 0.2) is 42.5 Å². The molecule has 10 heteroatoms. The van der Waals surface area contributed by atoms with Gasteiger partial charge in [-0.05, 0) is 37.3 Å². The summed E-state index contributed by atoms with van der Waals surface area (Å²) in [5, 5.41) is 7.87. The fourth-order valence-corrected chi connectivity index (χ4v) is 4.30. The van der Waals surface area contributed by atoms with Gasteiger partial charge in [0.1, 0.15) is 6.54 Å². The number of halogens is 2. The van der Waals surface area contributed by atoms with Gasteiger partial charge in [-0.2, -0.15) is 5.10 Å². The van der Waals surface area contributed by atoms with E-state index in [1.54, 1.807) is 32.6 Å². The Morgan fingerprint density at radius 2 is 1.69 bits per heavy atom. The summed E-state index contributed by atoms with van der Waals surface area (Å²) in [5.74, 6) is 0.375. The van der Waals surface area contributed by atoms with E-state index in [2.05, 4.69) is 10.2 Å². The molecule has 2 aromatic carbocycles. The minimum absolute atomic E-state index is 0.0764. The molecule has 0 atom stereocenters. The molecule has 4 rings (SSSR count). The van der Waals surface area contributed by atoms with Crippen LogP contribution in [0.25, 0.3) is 11.4 Å². The van der Waals surface area contributed by atoms with Crippen LogP contribution >= 0.6 is 35.4 Å². The number of rotatable bonds is 4. The molecule has 0 spiro atoms. The second-order valence-corrected chi connectivity index (χ2v) is 8.83. The molecule has 0 radical (unpaired) electrons. The lowest BCUT2D eigenvalue weighted by Crippen LogP contribution is -2.51. The van der Waals surface area contributed by atoms with Crippen LogP contribution in [0.4, 0.5) is 0 Å². The van der Waals surface area contributed by atoms with Gasteiger partial charge in [-0.3, -0.25) is 19.3 Å². The van der Waals surface area contributed by atoms with Crippen LogP contribution in [0.5, 0.6) is 0 Å². The molecule has 0 aliphatic carbocycles. The maximum atomic E-state index is 13.0. The van der Waals surface area contributed by atoms with Gasteiger partial charge >= 0.3 is 0 Å². The zero-order valence-electron chi connectivity index (χ0n) is 17.3. The van der Waals surface area contributed by atoms with E-state index in [1.807, 2.05) is 31.2 Å². The first kappa shape index (κ1) is 22.5. The van der Waals surface area contributed by atoms with Crippen molar-refractivity contribution in [3.63, 3.8) is 0 Å². The average molecular weight is 490 g/mol. The Labute approximate surface area is 200 Å². The number of carbonyl (C=O) groups excluding carboxylic acids is 2. The van der Waals surface area contributed by atoms with E-state index < -0.39 is 0 Å². The van der Waals surface area contributed by atoms with Gasteiger partial charge in [0.05, 0.1) is 10.6 Å². The third kappa shape index (κ3) is 4.72. The highest BCUT2D eigenvalue weighted by molar-refractivity contribution is 7.71. The first-order valence-electron chi connectivity index (χ1n) is 10.1. The lowest BCUT2D eigenvalue weighted by Gasteiger charge is -2.35. The number of aryl methyl sites for hydroxylation is 1. The molecule has 1 N–H and O–H groups in total. The SMILES string of the molecule is Cc1ccc(-c2n[nH]c(=S)n2CC(=O)N2CCN(C(=O)c3ccc(Cl)cc3Cl)CC2)cc1. The molecule has 1 aromatic heterocycles. The number of hydrogen-bond donors (Lipinski definition) is 1. The van der Waals surface area contributed by atoms with Crippen molar-refractivity contribution in [3.05, 3.63) is 68.4 Å². The highest BCUT2D eigenvalue weighted by atomic mass is 35.5. The van der Waals surface area contributed by atoms with Gasteiger partial charge in [-0.25, -0.2) is 0 Å². The molecule has 166 valence electrons. The van der Waals surface area contributed by atoms with E-state index in [0.717, 1.165) is 11.1 Å². The standard InChI is InChI=1S/C22H21Cl2N5O2S/c1-14-2-4-15(5-3-14)20-25-26-22(32)29(20)13-19(30)27-8-10-28(11-9-27)21(31)17-7-6-16(23)12-18(17)24/h2-7,12H,8-11,13H2,1H3,(H,26,32). The van der Waals surface area contributed by atoms with Crippen molar-refractivity contribution in [2.24, 2.45) is 0 Å². The van der Waals surface area contributed by atoms with Crippen LogP contribution in [0, 0.1) is 11.7 Å². The molecule has 0 bridgehead atoms. The van der Waals surface area contributed by atoms with Crippen molar-refractivity contribution in [3.8, 4) is 11.4 Å². The number of nitrogens with zero attached hydrogens (tertiary/aromatic N) is 4. The number of H-pyrrole nitrogens is 1. The molecule has 1 aliphatic rings. The minimum atomic E-state index is -0.169. The van der Waals surface area contributed by atoms with E-state index >= 15 is 0 Å².